The van der Waals surface area contributed by atoms with Crippen molar-refractivity contribution in [1.29, 1.82) is 0 Å². The standard InChI is InChI=1S/C14H22N6/c1-4-11-7-13(20-14(18-11)16-9-17-20)15-8-12(19(2)3)10-5-6-10/h7,9-10,12,15H,4-6,8H2,1-3H3. The van der Waals surface area contributed by atoms with Crippen LogP contribution in [0.15, 0.2) is 12.4 Å². The predicted molar refractivity (Wildman–Crippen MR) is 78.8 cm³/mol. The lowest BCUT2D eigenvalue weighted by Crippen LogP contribution is -2.36. The first-order valence-electron chi connectivity index (χ1n) is 7.29. The molecule has 1 aliphatic rings. The van der Waals surface area contributed by atoms with Crippen molar-refractivity contribution in [2.75, 3.05) is 26.0 Å². The maximum absolute atomic E-state index is 4.46. The molecule has 20 heavy (non-hydrogen) atoms. The van der Waals surface area contributed by atoms with Gasteiger partial charge in [0.1, 0.15) is 12.1 Å². The van der Waals surface area contributed by atoms with E-state index in [0.717, 1.165) is 30.4 Å². The van der Waals surface area contributed by atoms with Gasteiger partial charge in [-0.15, -0.1) is 0 Å². The first kappa shape index (κ1) is 13.3. The quantitative estimate of drug-likeness (QED) is 0.863. The van der Waals surface area contributed by atoms with Crippen molar-refractivity contribution in [2.45, 2.75) is 32.2 Å². The molecule has 6 heteroatoms. The Kier molecular flexibility index (Phi) is 3.56. The molecule has 1 N–H and O–H groups in total. The number of aryl methyl sites for hydroxylation is 1. The van der Waals surface area contributed by atoms with Crippen LogP contribution in [0.1, 0.15) is 25.5 Å². The van der Waals surface area contributed by atoms with E-state index in [1.54, 1.807) is 10.8 Å². The van der Waals surface area contributed by atoms with E-state index in [9.17, 15) is 0 Å². The zero-order valence-electron chi connectivity index (χ0n) is 12.4. The molecule has 108 valence electrons. The number of rotatable bonds is 6. The van der Waals surface area contributed by atoms with E-state index < -0.39 is 0 Å². The fourth-order valence-corrected chi connectivity index (χ4v) is 2.63. The van der Waals surface area contributed by atoms with Gasteiger partial charge in [-0.2, -0.15) is 14.6 Å². The van der Waals surface area contributed by atoms with Gasteiger partial charge >= 0.3 is 0 Å². The molecule has 2 aromatic rings. The molecule has 1 saturated carbocycles. The molecule has 1 aliphatic carbocycles. The molecule has 1 fully saturated rings. The number of hydrogen-bond donors (Lipinski definition) is 1. The molecule has 0 radical (unpaired) electrons. The van der Waals surface area contributed by atoms with Crippen molar-refractivity contribution in [1.82, 2.24) is 24.5 Å². The molecule has 0 amide bonds. The number of nitrogens with one attached hydrogen (secondary N) is 1. The summed E-state index contributed by atoms with van der Waals surface area (Å²) in [5.74, 6) is 2.48. The summed E-state index contributed by atoms with van der Waals surface area (Å²) < 4.78 is 1.78. The molecule has 0 aliphatic heterocycles. The minimum absolute atomic E-state index is 0.576. The highest BCUT2D eigenvalue weighted by atomic mass is 15.4. The molecule has 3 rings (SSSR count). The number of hydrogen-bond acceptors (Lipinski definition) is 5. The van der Waals surface area contributed by atoms with Crippen LogP contribution in [-0.2, 0) is 6.42 Å². The van der Waals surface area contributed by atoms with Gasteiger partial charge in [-0.05, 0) is 39.3 Å². The predicted octanol–water partition coefficient (Wildman–Crippen LogP) is 1.44. The van der Waals surface area contributed by atoms with Crippen molar-refractivity contribution in [3.8, 4) is 0 Å². The molecule has 1 atom stereocenters. The summed E-state index contributed by atoms with van der Waals surface area (Å²) in [5.41, 5.74) is 1.04. The lowest BCUT2D eigenvalue weighted by molar-refractivity contribution is 0.276. The van der Waals surface area contributed by atoms with Crippen molar-refractivity contribution in [3.05, 3.63) is 18.1 Å². The fourth-order valence-electron chi connectivity index (χ4n) is 2.63. The second-order valence-corrected chi connectivity index (χ2v) is 5.71. The number of nitrogens with zero attached hydrogens (tertiary/aromatic N) is 5. The Morgan fingerprint density at radius 3 is 2.90 bits per heavy atom. The lowest BCUT2D eigenvalue weighted by Gasteiger charge is -2.25. The molecular formula is C14H22N6. The molecule has 0 saturated heterocycles. The zero-order valence-corrected chi connectivity index (χ0v) is 12.4. The van der Waals surface area contributed by atoms with E-state index in [1.165, 1.54) is 12.8 Å². The van der Waals surface area contributed by atoms with Crippen LogP contribution in [0.2, 0.25) is 0 Å². The Morgan fingerprint density at radius 2 is 2.25 bits per heavy atom. The number of aromatic nitrogens is 4. The minimum Gasteiger partial charge on any atom is -0.368 e. The van der Waals surface area contributed by atoms with Crippen molar-refractivity contribution < 1.29 is 0 Å². The molecule has 0 spiro atoms. The first-order chi connectivity index (χ1) is 9.69. The van der Waals surface area contributed by atoms with Crippen LogP contribution in [0, 0.1) is 5.92 Å². The van der Waals surface area contributed by atoms with E-state index in [-0.39, 0.29) is 0 Å². The second-order valence-electron chi connectivity index (χ2n) is 5.71. The molecule has 2 aromatic heterocycles. The van der Waals surface area contributed by atoms with Crippen LogP contribution in [0.3, 0.4) is 0 Å². The van der Waals surface area contributed by atoms with Crippen LogP contribution in [0.5, 0.6) is 0 Å². The fraction of sp³-hybridized carbons (Fsp3) is 0.643. The van der Waals surface area contributed by atoms with Gasteiger partial charge in [0, 0.05) is 24.3 Å². The Bertz CT molecular complexity index is 584. The molecule has 6 nitrogen and oxygen atoms in total. The average Bonchev–Trinajstić information content (AvgIpc) is 3.15. The van der Waals surface area contributed by atoms with E-state index in [0.29, 0.717) is 11.8 Å². The molecule has 0 bridgehead atoms. The highest BCUT2D eigenvalue weighted by molar-refractivity contribution is 5.45. The summed E-state index contributed by atoms with van der Waals surface area (Å²) >= 11 is 0. The van der Waals surface area contributed by atoms with E-state index >= 15 is 0 Å². The van der Waals surface area contributed by atoms with Crippen LogP contribution in [-0.4, -0.2) is 51.2 Å². The Labute approximate surface area is 119 Å². The summed E-state index contributed by atoms with van der Waals surface area (Å²) in [6, 6.07) is 2.65. The summed E-state index contributed by atoms with van der Waals surface area (Å²) in [5, 5.41) is 7.77. The van der Waals surface area contributed by atoms with Crippen molar-refractivity contribution in [3.63, 3.8) is 0 Å². The molecular weight excluding hydrogens is 252 g/mol. The van der Waals surface area contributed by atoms with Crippen molar-refractivity contribution in [2.24, 2.45) is 5.92 Å². The highest BCUT2D eigenvalue weighted by Gasteiger charge is 2.32. The summed E-state index contributed by atoms with van der Waals surface area (Å²) in [7, 11) is 4.31. The van der Waals surface area contributed by atoms with Gasteiger partial charge in [-0.25, -0.2) is 4.98 Å². The second kappa shape index (κ2) is 5.36. The highest BCUT2D eigenvalue weighted by Crippen LogP contribution is 2.34. The third-order valence-electron chi connectivity index (χ3n) is 3.99. The normalized spacial score (nSPS) is 16.8. The average molecular weight is 274 g/mol. The van der Waals surface area contributed by atoms with Crippen LogP contribution in [0.4, 0.5) is 5.82 Å². The third kappa shape index (κ3) is 2.60. The summed E-state index contributed by atoms with van der Waals surface area (Å²) in [6.07, 6.45) is 5.15. The van der Waals surface area contributed by atoms with Gasteiger partial charge in [-0.3, -0.25) is 0 Å². The summed E-state index contributed by atoms with van der Waals surface area (Å²) in [4.78, 5) is 11.0. The van der Waals surface area contributed by atoms with Crippen LogP contribution >= 0.6 is 0 Å². The summed E-state index contributed by atoms with van der Waals surface area (Å²) in [6.45, 7) is 3.03. The number of likely N-dealkylation sites (N-methyl/N-ethyl adjacent to an activating group) is 1. The zero-order chi connectivity index (χ0) is 14.1. The van der Waals surface area contributed by atoms with Crippen LogP contribution in [0.25, 0.3) is 5.78 Å². The first-order valence-corrected chi connectivity index (χ1v) is 7.29. The van der Waals surface area contributed by atoms with Gasteiger partial charge in [0.15, 0.2) is 0 Å². The Morgan fingerprint density at radius 1 is 1.45 bits per heavy atom. The number of fused-ring (bicyclic) bond motifs is 1. The van der Waals surface area contributed by atoms with Gasteiger partial charge in [-0.1, -0.05) is 6.92 Å². The lowest BCUT2D eigenvalue weighted by atomic mass is 10.1. The minimum atomic E-state index is 0.576. The Balaban J connectivity index is 1.80. The topological polar surface area (TPSA) is 58.4 Å². The Hall–Kier alpha value is -1.69. The monoisotopic (exact) mass is 274 g/mol. The molecule has 1 unspecified atom stereocenters. The van der Waals surface area contributed by atoms with Gasteiger partial charge < -0.3 is 10.2 Å². The van der Waals surface area contributed by atoms with E-state index in [2.05, 4.69) is 52.4 Å². The maximum Gasteiger partial charge on any atom is 0.254 e. The largest absolute Gasteiger partial charge is 0.368 e. The smallest absolute Gasteiger partial charge is 0.254 e. The van der Waals surface area contributed by atoms with E-state index in [1.807, 2.05) is 0 Å². The third-order valence-corrected chi connectivity index (χ3v) is 3.99. The number of anilines is 1. The van der Waals surface area contributed by atoms with E-state index in [4.69, 9.17) is 0 Å². The van der Waals surface area contributed by atoms with Crippen molar-refractivity contribution >= 4 is 11.6 Å². The van der Waals surface area contributed by atoms with Gasteiger partial charge in [0.25, 0.3) is 5.78 Å². The van der Waals surface area contributed by atoms with Gasteiger partial charge in [0.05, 0.1) is 0 Å². The molecule has 0 aromatic carbocycles. The van der Waals surface area contributed by atoms with Gasteiger partial charge in [0.2, 0.25) is 0 Å². The van der Waals surface area contributed by atoms with Crippen LogP contribution < -0.4 is 5.32 Å². The molecule has 2 heterocycles. The SMILES string of the molecule is CCc1cc(NCC(C2CC2)N(C)C)n2ncnc2n1. The maximum atomic E-state index is 4.46.